The number of ether oxygens (including phenoxy) is 2. The Morgan fingerprint density at radius 3 is 2.10 bits per heavy atom. The van der Waals surface area contributed by atoms with Gasteiger partial charge in [-0.05, 0) is 39.0 Å². The lowest BCUT2D eigenvalue weighted by Gasteiger charge is -2.31. The minimum Gasteiger partial charge on any atom is -0.480 e. The maximum Gasteiger partial charge on any atom is 0.321 e. The number of carboxylic acid groups (broad SMARTS) is 2. The standard InChI is InChI=1S/C15H28O6/c1-5-9-15(13(16)17,14(18)19)11(3)8-7-10-21-12(4)20-6-2/h11-12H,5-10H2,1-4H3,(H,16,17)(H,18,19). The van der Waals surface area contributed by atoms with Crippen molar-refractivity contribution in [3.05, 3.63) is 0 Å². The predicted octanol–water partition coefficient (Wildman–Crippen LogP) is 2.76. The van der Waals surface area contributed by atoms with Crippen molar-refractivity contribution in [2.24, 2.45) is 11.3 Å². The minimum atomic E-state index is -1.71. The molecule has 0 aromatic carbocycles. The van der Waals surface area contributed by atoms with Gasteiger partial charge in [-0.25, -0.2) is 0 Å². The van der Waals surface area contributed by atoms with Crippen LogP contribution in [0.1, 0.15) is 53.4 Å². The summed E-state index contributed by atoms with van der Waals surface area (Å²) in [4.78, 5) is 23.0. The Bertz CT molecular complexity index is 314. The summed E-state index contributed by atoms with van der Waals surface area (Å²) in [5.74, 6) is -2.97. The zero-order valence-corrected chi connectivity index (χ0v) is 13.4. The van der Waals surface area contributed by atoms with E-state index in [2.05, 4.69) is 0 Å². The first-order valence-corrected chi connectivity index (χ1v) is 7.52. The summed E-state index contributed by atoms with van der Waals surface area (Å²) in [5.41, 5.74) is -1.71. The lowest BCUT2D eigenvalue weighted by atomic mass is 9.71. The van der Waals surface area contributed by atoms with E-state index in [0.29, 0.717) is 32.5 Å². The van der Waals surface area contributed by atoms with Crippen molar-refractivity contribution in [3.63, 3.8) is 0 Å². The van der Waals surface area contributed by atoms with Gasteiger partial charge >= 0.3 is 11.9 Å². The van der Waals surface area contributed by atoms with E-state index in [1.807, 2.05) is 6.92 Å². The van der Waals surface area contributed by atoms with E-state index in [1.54, 1.807) is 20.8 Å². The average Bonchev–Trinajstić information content (AvgIpc) is 2.40. The van der Waals surface area contributed by atoms with Crippen LogP contribution in [0.2, 0.25) is 0 Å². The molecular formula is C15H28O6. The van der Waals surface area contributed by atoms with Crippen LogP contribution >= 0.6 is 0 Å². The van der Waals surface area contributed by atoms with E-state index < -0.39 is 23.3 Å². The molecule has 124 valence electrons. The maximum atomic E-state index is 11.5. The third-order valence-electron chi connectivity index (χ3n) is 3.78. The minimum absolute atomic E-state index is 0.134. The van der Waals surface area contributed by atoms with Crippen molar-refractivity contribution in [1.82, 2.24) is 0 Å². The summed E-state index contributed by atoms with van der Waals surface area (Å²) in [6.45, 7) is 8.13. The van der Waals surface area contributed by atoms with Crippen molar-refractivity contribution in [1.29, 1.82) is 0 Å². The van der Waals surface area contributed by atoms with Gasteiger partial charge in [0.2, 0.25) is 0 Å². The van der Waals surface area contributed by atoms with Crippen LogP contribution in [-0.4, -0.2) is 41.7 Å². The van der Waals surface area contributed by atoms with E-state index >= 15 is 0 Å². The second-order valence-electron chi connectivity index (χ2n) is 5.27. The summed E-state index contributed by atoms with van der Waals surface area (Å²) >= 11 is 0. The lowest BCUT2D eigenvalue weighted by Crippen LogP contribution is -2.44. The zero-order chi connectivity index (χ0) is 16.5. The van der Waals surface area contributed by atoms with Crippen molar-refractivity contribution in [2.45, 2.75) is 59.7 Å². The molecule has 0 aromatic rings. The summed E-state index contributed by atoms with van der Waals surface area (Å²) < 4.78 is 10.6. The van der Waals surface area contributed by atoms with Gasteiger partial charge in [0.1, 0.15) is 0 Å². The van der Waals surface area contributed by atoms with Gasteiger partial charge in [-0.15, -0.1) is 0 Å². The molecule has 0 aromatic heterocycles. The molecular weight excluding hydrogens is 276 g/mol. The number of hydrogen-bond acceptors (Lipinski definition) is 4. The molecule has 21 heavy (non-hydrogen) atoms. The second kappa shape index (κ2) is 9.73. The molecule has 0 saturated heterocycles. The van der Waals surface area contributed by atoms with E-state index in [-0.39, 0.29) is 12.7 Å². The number of hydrogen-bond donors (Lipinski definition) is 2. The van der Waals surface area contributed by atoms with Crippen LogP contribution in [0.4, 0.5) is 0 Å². The van der Waals surface area contributed by atoms with Crippen LogP contribution in [0.3, 0.4) is 0 Å². The fourth-order valence-corrected chi connectivity index (χ4v) is 2.54. The quantitative estimate of drug-likeness (QED) is 0.327. The molecule has 0 rings (SSSR count). The third-order valence-corrected chi connectivity index (χ3v) is 3.78. The van der Waals surface area contributed by atoms with Gasteiger partial charge in [-0.1, -0.05) is 20.3 Å². The lowest BCUT2D eigenvalue weighted by molar-refractivity contribution is -0.170. The topological polar surface area (TPSA) is 93.1 Å². The largest absolute Gasteiger partial charge is 0.480 e. The Morgan fingerprint density at radius 1 is 1.10 bits per heavy atom. The van der Waals surface area contributed by atoms with Crippen LogP contribution in [0.25, 0.3) is 0 Å². The van der Waals surface area contributed by atoms with Crippen LogP contribution in [-0.2, 0) is 19.1 Å². The predicted molar refractivity (Wildman–Crippen MR) is 78.1 cm³/mol. The molecule has 0 spiro atoms. The van der Waals surface area contributed by atoms with E-state index in [1.165, 1.54) is 0 Å². The summed E-state index contributed by atoms with van der Waals surface area (Å²) in [6, 6.07) is 0. The third kappa shape index (κ3) is 5.63. The Balaban J connectivity index is 4.52. The van der Waals surface area contributed by atoms with Crippen molar-refractivity contribution >= 4 is 11.9 Å². The highest BCUT2D eigenvalue weighted by atomic mass is 16.7. The molecule has 0 amide bonds. The van der Waals surface area contributed by atoms with Gasteiger partial charge in [0.25, 0.3) is 0 Å². The summed E-state index contributed by atoms with van der Waals surface area (Å²) in [5, 5.41) is 18.8. The molecule has 2 unspecified atom stereocenters. The van der Waals surface area contributed by atoms with Gasteiger partial charge < -0.3 is 19.7 Å². The molecule has 0 fully saturated rings. The molecule has 0 heterocycles. The SMILES string of the molecule is CCCC(C(=O)O)(C(=O)O)C(C)CCCOC(C)OCC. The van der Waals surface area contributed by atoms with Crippen LogP contribution in [0.5, 0.6) is 0 Å². The van der Waals surface area contributed by atoms with Crippen molar-refractivity contribution in [3.8, 4) is 0 Å². The average molecular weight is 304 g/mol. The summed E-state index contributed by atoms with van der Waals surface area (Å²) in [7, 11) is 0. The molecule has 2 N–H and O–H groups in total. The highest BCUT2D eigenvalue weighted by molar-refractivity contribution is 5.98. The summed E-state index contributed by atoms with van der Waals surface area (Å²) in [6.07, 6.45) is 1.43. The Morgan fingerprint density at radius 2 is 1.67 bits per heavy atom. The normalized spacial score (nSPS) is 14.7. The fraction of sp³-hybridized carbons (Fsp3) is 0.867. The van der Waals surface area contributed by atoms with Gasteiger partial charge in [0, 0.05) is 13.2 Å². The monoisotopic (exact) mass is 304 g/mol. The van der Waals surface area contributed by atoms with Crippen LogP contribution in [0, 0.1) is 11.3 Å². The molecule has 0 aliphatic rings. The number of carbonyl (C=O) groups is 2. The molecule has 0 aliphatic heterocycles. The molecule has 0 aliphatic carbocycles. The highest BCUT2D eigenvalue weighted by Gasteiger charge is 2.49. The van der Waals surface area contributed by atoms with Gasteiger partial charge in [-0.3, -0.25) is 9.59 Å². The number of carboxylic acids is 2. The first kappa shape index (κ1) is 19.9. The van der Waals surface area contributed by atoms with Gasteiger partial charge in [0.05, 0.1) is 0 Å². The van der Waals surface area contributed by atoms with Crippen molar-refractivity contribution < 1.29 is 29.3 Å². The molecule has 6 heteroatoms. The molecule has 0 saturated carbocycles. The zero-order valence-electron chi connectivity index (χ0n) is 13.4. The van der Waals surface area contributed by atoms with Gasteiger partial charge in [-0.2, -0.15) is 0 Å². The molecule has 2 atom stereocenters. The maximum absolute atomic E-state index is 11.5. The van der Waals surface area contributed by atoms with E-state index in [9.17, 15) is 19.8 Å². The smallest absolute Gasteiger partial charge is 0.321 e. The molecule has 0 radical (unpaired) electrons. The van der Waals surface area contributed by atoms with E-state index in [4.69, 9.17) is 9.47 Å². The Hall–Kier alpha value is -1.14. The second-order valence-corrected chi connectivity index (χ2v) is 5.27. The highest BCUT2D eigenvalue weighted by Crippen LogP contribution is 2.36. The fourth-order valence-electron chi connectivity index (χ4n) is 2.54. The Labute approximate surface area is 126 Å². The van der Waals surface area contributed by atoms with E-state index in [0.717, 1.165) is 0 Å². The number of aliphatic carboxylic acids is 2. The molecule has 6 nitrogen and oxygen atoms in total. The number of rotatable bonds is 12. The van der Waals surface area contributed by atoms with Crippen LogP contribution in [0.15, 0.2) is 0 Å². The van der Waals surface area contributed by atoms with Gasteiger partial charge in [0.15, 0.2) is 11.7 Å². The van der Waals surface area contributed by atoms with Crippen LogP contribution < -0.4 is 0 Å². The Kier molecular flexibility index (Phi) is 9.21. The first-order chi connectivity index (χ1) is 9.82. The first-order valence-electron chi connectivity index (χ1n) is 7.52. The van der Waals surface area contributed by atoms with Crippen molar-refractivity contribution in [2.75, 3.05) is 13.2 Å². The molecule has 0 bridgehead atoms.